The fourth-order valence-corrected chi connectivity index (χ4v) is 3.34. The first-order chi connectivity index (χ1) is 10.5. The number of hydrogen-bond acceptors (Lipinski definition) is 2. The Hall–Kier alpha value is -1.91. The Morgan fingerprint density at radius 3 is 2.55 bits per heavy atom. The topological polar surface area (TPSA) is 40.6 Å². The molecular weight excluding hydrogens is 283 g/mol. The third-order valence-corrected chi connectivity index (χ3v) is 4.67. The first-order valence-electron chi connectivity index (χ1n) is 7.76. The van der Waals surface area contributed by atoms with E-state index in [0.717, 1.165) is 24.8 Å². The van der Waals surface area contributed by atoms with Crippen LogP contribution in [-0.4, -0.2) is 48.3 Å². The molecule has 1 aliphatic carbocycles. The lowest BCUT2D eigenvalue weighted by molar-refractivity contribution is -0.143. The molecule has 2 amide bonds. The summed E-state index contributed by atoms with van der Waals surface area (Å²) in [5.41, 5.74) is 1.01. The van der Waals surface area contributed by atoms with Crippen LogP contribution >= 0.6 is 0 Å². The Bertz CT molecular complexity index is 585. The Kier molecular flexibility index (Phi) is 3.89. The van der Waals surface area contributed by atoms with Crippen molar-refractivity contribution in [2.75, 3.05) is 20.6 Å². The van der Waals surface area contributed by atoms with Crippen LogP contribution < -0.4 is 0 Å². The van der Waals surface area contributed by atoms with Crippen molar-refractivity contribution in [3.8, 4) is 0 Å². The molecule has 2 aliphatic rings. The van der Waals surface area contributed by atoms with Crippen LogP contribution in [0.4, 0.5) is 4.39 Å². The first-order valence-corrected chi connectivity index (χ1v) is 7.76. The minimum Gasteiger partial charge on any atom is -0.347 e. The Labute approximate surface area is 129 Å². The third-order valence-electron chi connectivity index (χ3n) is 4.67. The van der Waals surface area contributed by atoms with Crippen LogP contribution in [-0.2, 0) is 9.59 Å². The molecule has 0 bridgehead atoms. The summed E-state index contributed by atoms with van der Waals surface area (Å²) in [5.74, 6) is -0.0647. The molecule has 1 aromatic rings. The van der Waals surface area contributed by atoms with Crippen molar-refractivity contribution in [3.63, 3.8) is 0 Å². The second kappa shape index (κ2) is 5.71. The maximum absolute atomic E-state index is 13.0. The molecule has 1 aliphatic heterocycles. The summed E-state index contributed by atoms with van der Waals surface area (Å²) >= 11 is 0. The van der Waals surface area contributed by atoms with Gasteiger partial charge in [0.05, 0.1) is 0 Å². The Morgan fingerprint density at radius 2 is 1.91 bits per heavy atom. The maximum atomic E-state index is 13.0. The van der Waals surface area contributed by atoms with Gasteiger partial charge in [-0.3, -0.25) is 9.59 Å². The van der Waals surface area contributed by atoms with Gasteiger partial charge in [-0.2, -0.15) is 0 Å². The van der Waals surface area contributed by atoms with Crippen LogP contribution in [0.3, 0.4) is 0 Å². The van der Waals surface area contributed by atoms with Crippen molar-refractivity contribution in [1.82, 2.24) is 9.80 Å². The quantitative estimate of drug-likeness (QED) is 0.857. The molecular formula is C17H21FN2O2. The number of hydrogen-bond donors (Lipinski definition) is 0. The van der Waals surface area contributed by atoms with Gasteiger partial charge in [0, 0.05) is 26.6 Å². The molecule has 3 unspecified atom stereocenters. The molecule has 0 spiro atoms. The maximum Gasteiger partial charge on any atom is 0.244 e. The van der Waals surface area contributed by atoms with Gasteiger partial charge in [-0.15, -0.1) is 0 Å². The number of likely N-dealkylation sites (N-methyl/N-ethyl adjacent to an activating group) is 1. The standard InChI is InChI=1S/C17H21FN2O2/c1-19(2)17(22)15-4-3-9-20(15)16(21)14-10-13(14)11-5-7-12(18)8-6-11/h5-8,13-15H,3-4,9-10H2,1-2H3. The van der Waals surface area contributed by atoms with Crippen LogP contribution in [0, 0.1) is 11.7 Å². The van der Waals surface area contributed by atoms with E-state index in [1.165, 1.54) is 12.1 Å². The normalized spacial score (nSPS) is 26.9. The first kappa shape index (κ1) is 15.0. The zero-order valence-corrected chi connectivity index (χ0v) is 13.0. The zero-order valence-electron chi connectivity index (χ0n) is 13.0. The number of likely N-dealkylation sites (tertiary alicyclic amines) is 1. The molecule has 0 radical (unpaired) electrons. The summed E-state index contributed by atoms with van der Waals surface area (Å²) < 4.78 is 13.0. The highest BCUT2D eigenvalue weighted by Gasteiger charge is 2.48. The average molecular weight is 304 g/mol. The van der Waals surface area contributed by atoms with E-state index >= 15 is 0 Å². The number of amides is 2. The van der Waals surface area contributed by atoms with Crippen molar-refractivity contribution in [3.05, 3.63) is 35.6 Å². The fourth-order valence-electron chi connectivity index (χ4n) is 3.34. The molecule has 118 valence electrons. The van der Waals surface area contributed by atoms with Gasteiger partial charge in [-0.1, -0.05) is 12.1 Å². The molecule has 4 nitrogen and oxygen atoms in total. The summed E-state index contributed by atoms with van der Waals surface area (Å²) in [6.45, 7) is 0.662. The van der Waals surface area contributed by atoms with Gasteiger partial charge in [-0.05, 0) is 42.9 Å². The number of nitrogens with zero attached hydrogens (tertiary/aromatic N) is 2. The predicted octanol–water partition coefficient (Wildman–Crippen LogP) is 2.01. The highest BCUT2D eigenvalue weighted by Crippen LogP contribution is 2.49. The van der Waals surface area contributed by atoms with Crippen LogP contribution in [0.2, 0.25) is 0 Å². The molecule has 1 aromatic carbocycles. The minimum absolute atomic E-state index is 0.00447. The van der Waals surface area contributed by atoms with E-state index in [2.05, 4.69) is 0 Å². The lowest BCUT2D eigenvalue weighted by atomic mass is 10.1. The average Bonchev–Trinajstić information content (AvgIpc) is 3.14. The molecule has 2 fully saturated rings. The molecule has 0 N–H and O–H groups in total. The summed E-state index contributed by atoms with van der Waals surface area (Å²) in [4.78, 5) is 28.2. The third kappa shape index (κ3) is 2.72. The Morgan fingerprint density at radius 1 is 1.23 bits per heavy atom. The van der Waals surface area contributed by atoms with Crippen LogP contribution in [0.15, 0.2) is 24.3 Å². The highest BCUT2D eigenvalue weighted by atomic mass is 19.1. The fraction of sp³-hybridized carbons (Fsp3) is 0.529. The van der Waals surface area contributed by atoms with Crippen LogP contribution in [0.25, 0.3) is 0 Å². The van der Waals surface area contributed by atoms with Crippen molar-refractivity contribution in [2.45, 2.75) is 31.2 Å². The number of carbonyl (C=O) groups is 2. The summed E-state index contributed by atoms with van der Waals surface area (Å²) in [5, 5.41) is 0. The summed E-state index contributed by atoms with van der Waals surface area (Å²) in [6, 6.07) is 6.06. The molecule has 3 atom stereocenters. The van der Waals surface area contributed by atoms with Gasteiger partial charge in [-0.25, -0.2) is 4.39 Å². The predicted molar refractivity (Wildman–Crippen MR) is 80.7 cm³/mol. The number of carbonyl (C=O) groups excluding carboxylic acids is 2. The lowest BCUT2D eigenvalue weighted by Crippen LogP contribution is -2.46. The van der Waals surface area contributed by atoms with Crippen molar-refractivity contribution in [2.24, 2.45) is 5.92 Å². The molecule has 3 rings (SSSR count). The van der Waals surface area contributed by atoms with Crippen molar-refractivity contribution >= 4 is 11.8 Å². The van der Waals surface area contributed by atoms with E-state index in [9.17, 15) is 14.0 Å². The second-order valence-corrected chi connectivity index (χ2v) is 6.42. The van der Waals surface area contributed by atoms with E-state index in [4.69, 9.17) is 0 Å². The van der Waals surface area contributed by atoms with Crippen LogP contribution in [0.1, 0.15) is 30.7 Å². The van der Waals surface area contributed by atoms with Crippen molar-refractivity contribution in [1.29, 1.82) is 0 Å². The number of benzene rings is 1. The van der Waals surface area contributed by atoms with E-state index in [0.29, 0.717) is 6.54 Å². The van der Waals surface area contributed by atoms with E-state index < -0.39 is 0 Å². The van der Waals surface area contributed by atoms with E-state index in [-0.39, 0.29) is 35.5 Å². The summed E-state index contributed by atoms with van der Waals surface area (Å²) in [7, 11) is 3.45. The molecule has 1 saturated heterocycles. The number of halogens is 1. The SMILES string of the molecule is CN(C)C(=O)C1CCCN1C(=O)C1CC1c1ccc(F)cc1. The van der Waals surface area contributed by atoms with Crippen LogP contribution in [0.5, 0.6) is 0 Å². The van der Waals surface area contributed by atoms with Gasteiger partial charge in [0.2, 0.25) is 11.8 Å². The lowest BCUT2D eigenvalue weighted by Gasteiger charge is -2.26. The second-order valence-electron chi connectivity index (χ2n) is 6.42. The smallest absolute Gasteiger partial charge is 0.244 e. The van der Waals surface area contributed by atoms with Gasteiger partial charge in [0.1, 0.15) is 11.9 Å². The molecule has 1 heterocycles. The highest BCUT2D eigenvalue weighted by molar-refractivity contribution is 5.90. The molecule has 5 heteroatoms. The number of rotatable bonds is 3. The zero-order chi connectivity index (χ0) is 15.9. The molecule has 22 heavy (non-hydrogen) atoms. The molecule has 1 saturated carbocycles. The van der Waals surface area contributed by atoms with E-state index in [1.54, 1.807) is 36.0 Å². The largest absolute Gasteiger partial charge is 0.347 e. The van der Waals surface area contributed by atoms with Gasteiger partial charge in [0.25, 0.3) is 0 Å². The van der Waals surface area contributed by atoms with Gasteiger partial charge >= 0.3 is 0 Å². The van der Waals surface area contributed by atoms with Crippen molar-refractivity contribution < 1.29 is 14.0 Å². The Balaban J connectivity index is 1.67. The molecule has 0 aromatic heterocycles. The van der Waals surface area contributed by atoms with Gasteiger partial charge < -0.3 is 9.80 Å². The minimum atomic E-state index is -0.308. The summed E-state index contributed by atoms with van der Waals surface area (Å²) in [6.07, 6.45) is 2.42. The van der Waals surface area contributed by atoms with Gasteiger partial charge in [0.15, 0.2) is 0 Å². The van der Waals surface area contributed by atoms with E-state index in [1.807, 2.05) is 0 Å². The monoisotopic (exact) mass is 304 g/mol.